The number of aliphatic hydroxyl groups is 1. The van der Waals surface area contributed by atoms with Crippen molar-refractivity contribution in [1.29, 1.82) is 0 Å². The predicted octanol–water partition coefficient (Wildman–Crippen LogP) is 2.51. The minimum Gasteiger partial charge on any atom is -0.388 e. The fourth-order valence-electron chi connectivity index (χ4n) is 2.05. The van der Waals surface area contributed by atoms with Crippen LogP contribution < -0.4 is 5.32 Å². The Morgan fingerprint density at radius 3 is 2.68 bits per heavy atom. The number of rotatable bonds is 6. The Morgan fingerprint density at radius 1 is 1.53 bits per heavy atom. The molecule has 0 fully saturated rings. The smallest absolute Gasteiger partial charge is 0.311 e. The summed E-state index contributed by atoms with van der Waals surface area (Å²) in [6, 6.07) is 3.01. The van der Waals surface area contributed by atoms with Crippen molar-refractivity contribution in [3.8, 4) is 0 Å². The van der Waals surface area contributed by atoms with Crippen LogP contribution >= 0.6 is 0 Å². The molecule has 1 aromatic rings. The molecule has 1 rings (SSSR count). The third-order valence-electron chi connectivity index (χ3n) is 2.69. The highest BCUT2D eigenvalue weighted by molar-refractivity contribution is 5.56. The van der Waals surface area contributed by atoms with Crippen molar-refractivity contribution < 1.29 is 10.0 Å². The molecule has 1 heterocycles. The van der Waals surface area contributed by atoms with Crippen LogP contribution in [0.15, 0.2) is 12.1 Å². The van der Waals surface area contributed by atoms with Crippen molar-refractivity contribution in [2.45, 2.75) is 39.7 Å². The van der Waals surface area contributed by atoms with E-state index in [9.17, 15) is 15.2 Å². The Hall–Kier alpha value is -1.69. The minimum absolute atomic E-state index is 0.0778. The normalized spacial score (nSPS) is 14.2. The van der Waals surface area contributed by atoms with Gasteiger partial charge in [0.1, 0.15) is 0 Å². The molecule has 0 aliphatic rings. The zero-order valence-corrected chi connectivity index (χ0v) is 11.8. The number of nitrogens with one attached hydrogen (secondary N) is 1. The van der Waals surface area contributed by atoms with Gasteiger partial charge in [-0.3, -0.25) is 10.1 Å². The number of aryl methyl sites for hydroxylation is 1. The molecular weight excluding hydrogens is 246 g/mol. The van der Waals surface area contributed by atoms with Crippen LogP contribution in [0.5, 0.6) is 0 Å². The van der Waals surface area contributed by atoms with Gasteiger partial charge in [0.25, 0.3) is 0 Å². The van der Waals surface area contributed by atoms with E-state index in [0.717, 1.165) is 0 Å². The van der Waals surface area contributed by atoms with Crippen LogP contribution in [0.3, 0.4) is 0 Å². The first-order valence-electron chi connectivity index (χ1n) is 6.29. The molecule has 0 aromatic carbocycles. The van der Waals surface area contributed by atoms with Crippen molar-refractivity contribution in [3.05, 3.63) is 27.9 Å². The van der Waals surface area contributed by atoms with Crippen LogP contribution in [-0.4, -0.2) is 27.2 Å². The maximum absolute atomic E-state index is 10.9. The topological polar surface area (TPSA) is 88.3 Å². The SMILES string of the molecule is Cc1ccc([N+](=O)[O-])c(NCC(C)(O)CC(C)C)n1. The van der Waals surface area contributed by atoms with E-state index in [1.54, 1.807) is 19.9 Å². The van der Waals surface area contributed by atoms with Gasteiger partial charge in [-0.05, 0) is 32.3 Å². The average molecular weight is 267 g/mol. The second kappa shape index (κ2) is 5.97. The summed E-state index contributed by atoms with van der Waals surface area (Å²) in [6.07, 6.45) is 0.611. The van der Waals surface area contributed by atoms with E-state index >= 15 is 0 Å². The quantitative estimate of drug-likeness (QED) is 0.610. The molecule has 1 aromatic heterocycles. The van der Waals surface area contributed by atoms with E-state index in [4.69, 9.17) is 0 Å². The summed E-state index contributed by atoms with van der Waals surface area (Å²) in [5, 5.41) is 24.0. The summed E-state index contributed by atoms with van der Waals surface area (Å²) in [4.78, 5) is 14.5. The molecule has 6 heteroatoms. The van der Waals surface area contributed by atoms with E-state index < -0.39 is 10.5 Å². The van der Waals surface area contributed by atoms with E-state index in [1.807, 2.05) is 13.8 Å². The first kappa shape index (κ1) is 15.4. The standard InChI is InChI=1S/C13H21N3O3/c1-9(2)7-13(4,17)8-14-12-11(16(18)19)6-5-10(3)15-12/h5-6,9,17H,7-8H2,1-4H3,(H,14,15). The summed E-state index contributed by atoms with van der Waals surface area (Å²) < 4.78 is 0. The summed E-state index contributed by atoms with van der Waals surface area (Å²) >= 11 is 0. The van der Waals surface area contributed by atoms with Gasteiger partial charge in [0.15, 0.2) is 0 Å². The van der Waals surface area contributed by atoms with E-state index in [0.29, 0.717) is 18.0 Å². The molecule has 106 valence electrons. The zero-order valence-electron chi connectivity index (χ0n) is 11.8. The third kappa shape index (κ3) is 4.82. The Kier molecular flexibility index (Phi) is 4.83. The monoisotopic (exact) mass is 267 g/mol. The van der Waals surface area contributed by atoms with Crippen molar-refractivity contribution in [1.82, 2.24) is 4.98 Å². The van der Waals surface area contributed by atoms with Crippen LogP contribution in [0.4, 0.5) is 11.5 Å². The van der Waals surface area contributed by atoms with Crippen molar-refractivity contribution in [2.24, 2.45) is 5.92 Å². The number of nitrogens with zero attached hydrogens (tertiary/aromatic N) is 2. The Bertz CT molecular complexity index is 458. The zero-order chi connectivity index (χ0) is 14.6. The van der Waals surface area contributed by atoms with Gasteiger partial charge < -0.3 is 10.4 Å². The van der Waals surface area contributed by atoms with Crippen LogP contribution in [0.1, 0.15) is 32.9 Å². The summed E-state index contributed by atoms with van der Waals surface area (Å²) in [7, 11) is 0. The Labute approximate surface area is 113 Å². The largest absolute Gasteiger partial charge is 0.388 e. The van der Waals surface area contributed by atoms with Gasteiger partial charge in [0.05, 0.1) is 10.5 Å². The second-order valence-electron chi connectivity index (χ2n) is 5.53. The molecule has 6 nitrogen and oxygen atoms in total. The number of aromatic nitrogens is 1. The number of pyridine rings is 1. The molecule has 0 radical (unpaired) electrons. The maximum atomic E-state index is 10.9. The maximum Gasteiger partial charge on any atom is 0.311 e. The lowest BCUT2D eigenvalue weighted by Gasteiger charge is -2.25. The molecule has 1 atom stereocenters. The van der Waals surface area contributed by atoms with Crippen molar-refractivity contribution >= 4 is 11.5 Å². The lowest BCUT2D eigenvalue weighted by atomic mass is 9.94. The Balaban J connectivity index is 2.82. The van der Waals surface area contributed by atoms with E-state index in [2.05, 4.69) is 10.3 Å². The van der Waals surface area contributed by atoms with Gasteiger partial charge in [0, 0.05) is 18.3 Å². The van der Waals surface area contributed by atoms with Gasteiger partial charge in [-0.25, -0.2) is 4.98 Å². The molecule has 0 saturated heterocycles. The third-order valence-corrected chi connectivity index (χ3v) is 2.69. The molecule has 0 bridgehead atoms. The van der Waals surface area contributed by atoms with Crippen LogP contribution in [-0.2, 0) is 0 Å². The number of hydrogen-bond donors (Lipinski definition) is 2. The summed E-state index contributed by atoms with van der Waals surface area (Å²) in [6.45, 7) is 7.73. The highest BCUT2D eigenvalue weighted by Crippen LogP contribution is 2.24. The molecular formula is C13H21N3O3. The van der Waals surface area contributed by atoms with Gasteiger partial charge in [-0.2, -0.15) is 0 Å². The van der Waals surface area contributed by atoms with Crippen LogP contribution in [0, 0.1) is 23.0 Å². The number of nitro groups is 1. The lowest BCUT2D eigenvalue weighted by molar-refractivity contribution is -0.384. The summed E-state index contributed by atoms with van der Waals surface area (Å²) in [5.74, 6) is 0.547. The fourth-order valence-corrected chi connectivity index (χ4v) is 2.05. The van der Waals surface area contributed by atoms with Crippen LogP contribution in [0.25, 0.3) is 0 Å². The van der Waals surface area contributed by atoms with E-state index in [1.165, 1.54) is 6.07 Å². The molecule has 19 heavy (non-hydrogen) atoms. The Morgan fingerprint density at radius 2 is 2.16 bits per heavy atom. The highest BCUT2D eigenvalue weighted by atomic mass is 16.6. The molecule has 0 spiro atoms. The highest BCUT2D eigenvalue weighted by Gasteiger charge is 2.24. The van der Waals surface area contributed by atoms with Gasteiger partial charge in [-0.15, -0.1) is 0 Å². The molecule has 0 aliphatic heterocycles. The van der Waals surface area contributed by atoms with Crippen LogP contribution in [0.2, 0.25) is 0 Å². The molecule has 2 N–H and O–H groups in total. The average Bonchev–Trinajstić information content (AvgIpc) is 2.24. The minimum atomic E-state index is -0.923. The number of anilines is 1. The fraction of sp³-hybridized carbons (Fsp3) is 0.615. The lowest BCUT2D eigenvalue weighted by Crippen LogP contribution is -2.35. The van der Waals surface area contributed by atoms with E-state index in [-0.39, 0.29) is 18.1 Å². The molecule has 0 aliphatic carbocycles. The first-order chi connectivity index (χ1) is 8.71. The van der Waals surface area contributed by atoms with Gasteiger partial charge >= 0.3 is 5.69 Å². The summed E-state index contributed by atoms with van der Waals surface area (Å²) in [5.41, 5.74) is -0.310. The van der Waals surface area contributed by atoms with Crippen molar-refractivity contribution in [3.63, 3.8) is 0 Å². The molecule has 0 saturated carbocycles. The van der Waals surface area contributed by atoms with Gasteiger partial charge in [0.2, 0.25) is 5.82 Å². The number of hydrogen-bond acceptors (Lipinski definition) is 5. The second-order valence-corrected chi connectivity index (χ2v) is 5.53. The van der Waals surface area contributed by atoms with Crippen molar-refractivity contribution in [2.75, 3.05) is 11.9 Å². The molecule has 0 amide bonds. The van der Waals surface area contributed by atoms with Gasteiger partial charge in [-0.1, -0.05) is 13.8 Å². The molecule has 1 unspecified atom stereocenters. The first-order valence-corrected chi connectivity index (χ1v) is 6.29. The predicted molar refractivity (Wildman–Crippen MR) is 74.2 cm³/mol.